The predicted octanol–water partition coefficient (Wildman–Crippen LogP) is 2.26. The Morgan fingerprint density at radius 1 is 1.33 bits per heavy atom. The monoisotopic (exact) mass is 200 g/mol. The van der Waals surface area contributed by atoms with Gasteiger partial charge in [0.15, 0.2) is 0 Å². The van der Waals surface area contributed by atoms with E-state index in [-0.39, 0.29) is 5.78 Å². The highest BCUT2D eigenvalue weighted by Crippen LogP contribution is 2.15. The normalized spacial score (nSPS) is 10.3. The van der Waals surface area contributed by atoms with Gasteiger partial charge in [-0.2, -0.15) is 0 Å². The minimum Gasteiger partial charge on any atom is -0.342 e. The van der Waals surface area contributed by atoms with E-state index in [9.17, 15) is 4.79 Å². The van der Waals surface area contributed by atoms with Gasteiger partial charge in [-0.3, -0.25) is 4.79 Å². The van der Waals surface area contributed by atoms with Gasteiger partial charge in [0.1, 0.15) is 5.69 Å². The number of carbonyl (C=O) groups excluding carboxylic acids is 1. The molecule has 0 aliphatic rings. The third-order valence-corrected chi connectivity index (χ3v) is 2.59. The molecule has 3 heteroatoms. The Morgan fingerprint density at radius 2 is 2.13 bits per heavy atom. The van der Waals surface area contributed by atoms with E-state index in [4.69, 9.17) is 0 Å². The Hall–Kier alpha value is -1.90. The summed E-state index contributed by atoms with van der Waals surface area (Å²) in [4.78, 5) is 18.7. The maximum absolute atomic E-state index is 12.0. The molecule has 0 radical (unpaired) electrons. The molecule has 0 spiro atoms. The highest BCUT2D eigenvalue weighted by atomic mass is 16.1. The summed E-state index contributed by atoms with van der Waals surface area (Å²) in [7, 11) is 0. The molecule has 0 unspecified atom stereocenters. The largest absolute Gasteiger partial charge is 0.342 e. The van der Waals surface area contributed by atoms with Crippen molar-refractivity contribution in [1.29, 1.82) is 0 Å². The van der Waals surface area contributed by atoms with Crippen LogP contribution in [0.4, 0.5) is 0 Å². The van der Waals surface area contributed by atoms with E-state index in [0.717, 1.165) is 16.7 Å². The highest BCUT2D eigenvalue weighted by Gasteiger charge is 2.13. The molecule has 1 N–H and O–H groups in total. The lowest BCUT2D eigenvalue weighted by molar-refractivity contribution is 0.103. The lowest BCUT2D eigenvalue weighted by Crippen LogP contribution is -2.04. The number of carbonyl (C=O) groups is 1. The Morgan fingerprint density at radius 3 is 2.80 bits per heavy atom. The van der Waals surface area contributed by atoms with Gasteiger partial charge in [0, 0.05) is 5.56 Å². The number of benzene rings is 1. The fraction of sp³-hybridized carbons (Fsp3) is 0.167. The number of ketones is 1. The molecule has 1 heterocycles. The number of aryl methyl sites for hydroxylation is 1. The fourth-order valence-electron chi connectivity index (χ4n) is 1.52. The van der Waals surface area contributed by atoms with Crippen LogP contribution in [0.2, 0.25) is 0 Å². The third-order valence-electron chi connectivity index (χ3n) is 2.59. The van der Waals surface area contributed by atoms with E-state index in [1.807, 2.05) is 32.0 Å². The smallest absolute Gasteiger partial charge is 0.211 e. The number of rotatable bonds is 2. The molecule has 2 rings (SSSR count). The van der Waals surface area contributed by atoms with Gasteiger partial charge in [-0.1, -0.05) is 18.2 Å². The minimum absolute atomic E-state index is 0.00583. The zero-order valence-electron chi connectivity index (χ0n) is 8.74. The van der Waals surface area contributed by atoms with Crippen LogP contribution in [0.3, 0.4) is 0 Å². The first-order valence-corrected chi connectivity index (χ1v) is 4.79. The molecule has 1 aromatic heterocycles. The standard InChI is InChI=1S/C12H12N2O/c1-8-4-3-5-10(9(8)2)12(15)11-6-13-7-14-11/h3-7H,1-2H3,(H,13,14). The molecule has 0 aliphatic heterocycles. The van der Waals surface area contributed by atoms with Gasteiger partial charge in [0.05, 0.1) is 12.5 Å². The SMILES string of the molecule is Cc1cccc(C(=O)c2cnc[nH]2)c1C. The van der Waals surface area contributed by atoms with Gasteiger partial charge in [0.25, 0.3) is 0 Å². The van der Waals surface area contributed by atoms with Crippen LogP contribution in [0, 0.1) is 13.8 Å². The number of H-pyrrole nitrogens is 1. The summed E-state index contributed by atoms with van der Waals surface area (Å²) < 4.78 is 0. The van der Waals surface area contributed by atoms with Crippen molar-refractivity contribution in [2.75, 3.05) is 0 Å². The van der Waals surface area contributed by atoms with Crippen LogP contribution in [-0.4, -0.2) is 15.8 Å². The number of nitrogens with zero attached hydrogens (tertiary/aromatic N) is 1. The molecule has 0 atom stereocenters. The molecule has 0 fully saturated rings. The molecule has 3 nitrogen and oxygen atoms in total. The lowest BCUT2D eigenvalue weighted by atomic mass is 9.99. The van der Waals surface area contributed by atoms with Crippen LogP contribution in [0.25, 0.3) is 0 Å². The number of hydrogen-bond acceptors (Lipinski definition) is 2. The van der Waals surface area contributed by atoms with Crippen molar-refractivity contribution < 1.29 is 4.79 Å². The molecule has 15 heavy (non-hydrogen) atoms. The molecule has 0 saturated carbocycles. The average Bonchev–Trinajstić information content (AvgIpc) is 2.74. The van der Waals surface area contributed by atoms with E-state index >= 15 is 0 Å². The number of aromatic amines is 1. The van der Waals surface area contributed by atoms with Crippen molar-refractivity contribution in [2.24, 2.45) is 0 Å². The maximum atomic E-state index is 12.0. The van der Waals surface area contributed by atoms with E-state index < -0.39 is 0 Å². The Bertz CT molecular complexity index is 486. The summed E-state index contributed by atoms with van der Waals surface area (Å²) in [6.07, 6.45) is 3.06. The minimum atomic E-state index is -0.00583. The molecule has 0 aliphatic carbocycles. The van der Waals surface area contributed by atoms with Crippen molar-refractivity contribution in [3.05, 3.63) is 53.1 Å². The summed E-state index contributed by atoms with van der Waals surface area (Å²) in [6, 6.07) is 5.73. The number of hydrogen-bond donors (Lipinski definition) is 1. The molecular weight excluding hydrogens is 188 g/mol. The van der Waals surface area contributed by atoms with Gasteiger partial charge < -0.3 is 4.98 Å². The van der Waals surface area contributed by atoms with Crippen molar-refractivity contribution >= 4 is 5.78 Å². The maximum Gasteiger partial charge on any atom is 0.211 e. The van der Waals surface area contributed by atoms with Gasteiger partial charge in [-0.05, 0) is 25.0 Å². The summed E-state index contributed by atoms with van der Waals surface area (Å²) in [6.45, 7) is 3.96. The summed E-state index contributed by atoms with van der Waals surface area (Å²) in [5, 5.41) is 0. The van der Waals surface area contributed by atoms with Gasteiger partial charge in [0.2, 0.25) is 5.78 Å². The fourth-order valence-corrected chi connectivity index (χ4v) is 1.52. The number of nitrogens with one attached hydrogen (secondary N) is 1. The van der Waals surface area contributed by atoms with Crippen molar-refractivity contribution in [1.82, 2.24) is 9.97 Å². The third kappa shape index (κ3) is 1.68. The summed E-state index contributed by atoms with van der Waals surface area (Å²) in [5.41, 5.74) is 3.42. The first kappa shape index (κ1) is 9.65. The van der Waals surface area contributed by atoms with Crippen LogP contribution >= 0.6 is 0 Å². The van der Waals surface area contributed by atoms with Gasteiger partial charge in [-0.15, -0.1) is 0 Å². The predicted molar refractivity (Wildman–Crippen MR) is 57.9 cm³/mol. The Kier molecular flexibility index (Phi) is 2.37. The van der Waals surface area contributed by atoms with E-state index in [0.29, 0.717) is 5.69 Å². The van der Waals surface area contributed by atoms with Gasteiger partial charge in [-0.25, -0.2) is 4.98 Å². The number of aromatic nitrogens is 2. The van der Waals surface area contributed by atoms with Crippen molar-refractivity contribution in [2.45, 2.75) is 13.8 Å². The lowest BCUT2D eigenvalue weighted by Gasteiger charge is -2.05. The average molecular weight is 200 g/mol. The summed E-state index contributed by atoms with van der Waals surface area (Å²) in [5.74, 6) is -0.00583. The first-order chi connectivity index (χ1) is 7.20. The quantitative estimate of drug-likeness (QED) is 0.756. The molecule has 76 valence electrons. The van der Waals surface area contributed by atoms with Crippen molar-refractivity contribution in [3.63, 3.8) is 0 Å². The van der Waals surface area contributed by atoms with E-state index in [2.05, 4.69) is 9.97 Å². The molecule has 0 saturated heterocycles. The molecule has 1 aromatic carbocycles. The molecule has 0 bridgehead atoms. The second-order valence-corrected chi connectivity index (χ2v) is 3.54. The van der Waals surface area contributed by atoms with Crippen LogP contribution in [0.5, 0.6) is 0 Å². The Labute approximate surface area is 88.2 Å². The zero-order chi connectivity index (χ0) is 10.8. The van der Waals surface area contributed by atoms with Crippen molar-refractivity contribution in [3.8, 4) is 0 Å². The van der Waals surface area contributed by atoms with Gasteiger partial charge >= 0.3 is 0 Å². The topological polar surface area (TPSA) is 45.8 Å². The van der Waals surface area contributed by atoms with E-state index in [1.54, 1.807) is 6.20 Å². The Balaban J connectivity index is 2.47. The highest BCUT2D eigenvalue weighted by molar-refractivity contribution is 6.08. The first-order valence-electron chi connectivity index (χ1n) is 4.79. The summed E-state index contributed by atoms with van der Waals surface area (Å²) >= 11 is 0. The van der Waals surface area contributed by atoms with Crippen LogP contribution in [-0.2, 0) is 0 Å². The molecule has 2 aromatic rings. The second kappa shape index (κ2) is 3.69. The second-order valence-electron chi connectivity index (χ2n) is 3.54. The molecular formula is C12H12N2O. The zero-order valence-corrected chi connectivity index (χ0v) is 8.74. The number of imidazole rings is 1. The molecule has 0 amide bonds. The van der Waals surface area contributed by atoms with Crippen LogP contribution in [0.1, 0.15) is 27.2 Å². The van der Waals surface area contributed by atoms with Crippen LogP contribution < -0.4 is 0 Å². The van der Waals surface area contributed by atoms with Crippen LogP contribution in [0.15, 0.2) is 30.7 Å². The van der Waals surface area contributed by atoms with E-state index in [1.165, 1.54) is 6.33 Å².